The van der Waals surface area contributed by atoms with Crippen molar-refractivity contribution in [3.8, 4) is 0 Å². The van der Waals surface area contributed by atoms with E-state index in [1.807, 2.05) is 13.8 Å². The molecule has 0 aliphatic heterocycles. The summed E-state index contributed by atoms with van der Waals surface area (Å²) >= 11 is 0. The SMILES string of the molecule is CCC(CC)OP(=O)([O-])OCC(O)C[NH3+]. The van der Waals surface area contributed by atoms with Gasteiger partial charge in [0.1, 0.15) is 12.6 Å². The van der Waals surface area contributed by atoms with Crippen LogP contribution in [0.2, 0.25) is 0 Å². The molecule has 2 atom stereocenters. The van der Waals surface area contributed by atoms with Crippen molar-refractivity contribution in [3.63, 3.8) is 0 Å². The molecule has 0 fully saturated rings. The number of aliphatic hydroxyl groups excluding tert-OH is 1. The molecule has 2 unspecified atom stereocenters. The molecule has 0 amide bonds. The number of rotatable bonds is 8. The fraction of sp³-hybridized carbons (Fsp3) is 1.00. The molecule has 4 N–H and O–H groups in total. The van der Waals surface area contributed by atoms with Crippen molar-refractivity contribution in [3.05, 3.63) is 0 Å². The lowest BCUT2D eigenvalue weighted by atomic mass is 10.2. The summed E-state index contributed by atoms with van der Waals surface area (Å²) in [5.41, 5.74) is 3.42. The van der Waals surface area contributed by atoms with Crippen molar-refractivity contribution in [1.82, 2.24) is 0 Å². The van der Waals surface area contributed by atoms with Gasteiger partial charge in [-0.3, -0.25) is 4.57 Å². The minimum atomic E-state index is -4.29. The number of hydrogen-bond acceptors (Lipinski definition) is 5. The molecule has 0 rings (SSSR count). The Balaban J connectivity index is 4.00. The van der Waals surface area contributed by atoms with Crippen LogP contribution in [0.5, 0.6) is 0 Å². The van der Waals surface area contributed by atoms with Gasteiger partial charge >= 0.3 is 0 Å². The zero-order valence-corrected chi connectivity index (χ0v) is 10.1. The minimum Gasteiger partial charge on any atom is -0.756 e. The maximum atomic E-state index is 11.2. The summed E-state index contributed by atoms with van der Waals surface area (Å²) in [7, 11) is -4.29. The Labute approximate surface area is 90.0 Å². The molecule has 0 aliphatic carbocycles. The lowest BCUT2D eigenvalue weighted by molar-refractivity contribution is -0.385. The van der Waals surface area contributed by atoms with Crippen LogP contribution in [0.4, 0.5) is 0 Å². The van der Waals surface area contributed by atoms with E-state index in [0.717, 1.165) is 0 Å². The molecular formula is C8H20NO5P. The highest BCUT2D eigenvalue weighted by molar-refractivity contribution is 7.45. The standard InChI is InChI=1S/C8H20NO5P/c1-3-8(4-2)14-15(11,12)13-6-7(10)5-9/h7-8,10H,3-6,9H2,1-2H3,(H,11,12). The van der Waals surface area contributed by atoms with E-state index in [4.69, 9.17) is 9.63 Å². The van der Waals surface area contributed by atoms with Crippen LogP contribution in [0.1, 0.15) is 26.7 Å². The second-order valence-corrected chi connectivity index (χ2v) is 4.59. The Kier molecular flexibility index (Phi) is 7.34. The zero-order valence-electron chi connectivity index (χ0n) is 9.22. The van der Waals surface area contributed by atoms with Gasteiger partial charge in [-0.1, -0.05) is 13.8 Å². The highest BCUT2D eigenvalue weighted by atomic mass is 31.2. The average Bonchev–Trinajstić information content (AvgIpc) is 2.22. The molecular weight excluding hydrogens is 221 g/mol. The van der Waals surface area contributed by atoms with Gasteiger partial charge < -0.3 is 24.8 Å². The Morgan fingerprint density at radius 3 is 2.40 bits per heavy atom. The number of hydrogen-bond donors (Lipinski definition) is 2. The predicted molar refractivity (Wildman–Crippen MR) is 52.8 cm³/mol. The first kappa shape index (κ1) is 15.0. The number of phosphoric ester groups is 1. The number of phosphoric acid groups is 1. The molecule has 0 bridgehead atoms. The van der Waals surface area contributed by atoms with Crippen LogP contribution in [-0.4, -0.2) is 30.5 Å². The predicted octanol–water partition coefficient (Wildman–Crippen LogP) is -0.721. The van der Waals surface area contributed by atoms with Crippen LogP contribution in [-0.2, 0) is 13.6 Å². The highest BCUT2D eigenvalue weighted by Crippen LogP contribution is 2.40. The fourth-order valence-electron chi connectivity index (χ4n) is 0.911. The van der Waals surface area contributed by atoms with Crippen LogP contribution in [0.3, 0.4) is 0 Å². The van der Waals surface area contributed by atoms with Crippen molar-refractivity contribution in [1.29, 1.82) is 0 Å². The van der Waals surface area contributed by atoms with E-state index >= 15 is 0 Å². The van der Waals surface area contributed by atoms with Crippen molar-refractivity contribution in [2.24, 2.45) is 0 Å². The summed E-state index contributed by atoms with van der Waals surface area (Å²) < 4.78 is 20.5. The summed E-state index contributed by atoms with van der Waals surface area (Å²) in [4.78, 5) is 11.2. The van der Waals surface area contributed by atoms with Gasteiger partial charge in [0.05, 0.1) is 12.7 Å². The molecule has 6 nitrogen and oxygen atoms in total. The van der Waals surface area contributed by atoms with E-state index in [1.54, 1.807) is 0 Å². The summed E-state index contributed by atoms with van der Waals surface area (Å²) in [6, 6.07) is 0. The lowest BCUT2D eigenvalue weighted by Gasteiger charge is -2.27. The van der Waals surface area contributed by atoms with Gasteiger partial charge in [0.2, 0.25) is 0 Å². The highest BCUT2D eigenvalue weighted by Gasteiger charge is 2.17. The van der Waals surface area contributed by atoms with E-state index in [0.29, 0.717) is 12.8 Å². The zero-order chi connectivity index (χ0) is 11.9. The largest absolute Gasteiger partial charge is 0.756 e. The first-order valence-corrected chi connectivity index (χ1v) is 6.52. The van der Waals surface area contributed by atoms with Gasteiger partial charge in [-0.15, -0.1) is 0 Å². The Morgan fingerprint density at radius 1 is 1.47 bits per heavy atom. The topological polar surface area (TPSA) is 106 Å². The molecule has 15 heavy (non-hydrogen) atoms. The third-order valence-corrected chi connectivity index (χ3v) is 2.97. The molecule has 0 aromatic carbocycles. The molecule has 0 aliphatic rings. The van der Waals surface area contributed by atoms with Crippen LogP contribution in [0, 0.1) is 0 Å². The minimum absolute atomic E-state index is 0.199. The summed E-state index contributed by atoms with van der Waals surface area (Å²) in [5, 5.41) is 9.07. The Bertz CT molecular complexity index is 209. The normalized spacial score (nSPS) is 17.7. The lowest BCUT2D eigenvalue weighted by Crippen LogP contribution is -2.56. The number of quaternary nitrogens is 1. The maximum Gasteiger partial charge on any atom is 0.268 e. The summed E-state index contributed by atoms with van der Waals surface area (Å²) in [5.74, 6) is 0. The van der Waals surface area contributed by atoms with Gasteiger partial charge in [-0.25, -0.2) is 0 Å². The number of aliphatic hydroxyl groups is 1. The molecule has 92 valence electrons. The second kappa shape index (κ2) is 7.33. The van der Waals surface area contributed by atoms with Crippen LogP contribution in [0.15, 0.2) is 0 Å². The van der Waals surface area contributed by atoms with E-state index in [9.17, 15) is 9.46 Å². The van der Waals surface area contributed by atoms with Gasteiger partial charge in [0, 0.05) is 0 Å². The first-order valence-electron chi connectivity index (χ1n) is 5.06. The van der Waals surface area contributed by atoms with Crippen LogP contribution < -0.4 is 10.6 Å². The molecule has 7 heteroatoms. The van der Waals surface area contributed by atoms with Gasteiger partial charge in [0.25, 0.3) is 7.82 Å². The van der Waals surface area contributed by atoms with Gasteiger partial charge in [0.15, 0.2) is 0 Å². The van der Waals surface area contributed by atoms with Crippen LogP contribution in [0.25, 0.3) is 0 Å². The third kappa shape index (κ3) is 7.00. The quantitative estimate of drug-likeness (QED) is 0.545. The van der Waals surface area contributed by atoms with E-state index in [2.05, 4.69) is 10.3 Å². The monoisotopic (exact) mass is 241 g/mol. The fourth-order valence-corrected chi connectivity index (χ4v) is 1.99. The molecule has 0 saturated carbocycles. The van der Waals surface area contributed by atoms with Gasteiger partial charge in [-0.05, 0) is 12.8 Å². The third-order valence-electron chi connectivity index (χ3n) is 1.95. The van der Waals surface area contributed by atoms with Crippen molar-refractivity contribution in [2.45, 2.75) is 38.9 Å². The summed E-state index contributed by atoms with van der Waals surface area (Å²) in [6.07, 6.45) is -0.0312. The smallest absolute Gasteiger partial charge is 0.268 e. The first-order chi connectivity index (χ1) is 6.95. The molecule has 0 radical (unpaired) electrons. The van der Waals surface area contributed by atoms with E-state index in [1.165, 1.54) is 0 Å². The molecule has 0 spiro atoms. The van der Waals surface area contributed by atoms with E-state index < -0.39 is 13.9 Å². The van der Waals surface area contributed by atoms with Crippen molar-refractivity contribution in [2.75, 3.05) is 13.2 Å². The molecule has 0 aromatic heterocycles. The van der Waals surface area contributed by atoms with Gasteiger partial charge in [-0.2, -0.15) is 0 Å². The van der Waals surface area contributed by atoms with Crippen LogP contribution >= 0.6 is 7.82 Å². The van der Waals surface area contributed by atoms with E-state index in [-0.39, 0.29) is 19.3 Å². The van der Waals surface area contributed by atoms with Crippen molar-refractivity contribution >= 4 is 7.82 Å². The average molecular weight is 241 g/mol. The molecule has 0 saturated heterocycles. The molecule has 0 aromatic rings. The Hall–Kier alpha value is 0.0300. The second-order valence-electron chi connectivity index (χ2n) is 3.23. The van der Waals surface area contributed by atoms with Crippen molar-refractivity contribution < 1.29 is 29.3 Å². The molecule has 0 heterocycles. The summed E-state index contributed by atoms with van der Waals surface area (Å²) in [6.45, 7) is 3.56. The maximum absolute atomic E-state index is 11.2. The Morgan fingerprint density at radius 2 is 2.00 bits per heavy atom.